The lowest BCUT2D eigenvalue weighted by Crippen LogP contribution is -2.14. The van der Waals surface area contributed by atoms with Gasteiger partial charge >= 0.3 is 0 Å². The molecule has 0 radical (unpaired) electrons. The van der Waals surface area contributed by atoms with Gasteiger partial charge in [0.05, 0.1) is 5.57 Å². The van der Waals surface area contributed by atoms with Crippen molar-refractivity contribution in [2.75, 3.05) is 7.05 Å². The highest BCUT2D eigenvalue weighted by Gasteiger charge is 2.31. The molecule has 2 atom stereocenters. The standard InChI is InChI=1S/C18H21ClN2O/c1-11-6-8-15(9-7-11)17-14(4)22-18(21-17)16(13(3)19)12(2)10-20-5/h6-10,14,17H,3H2,1-2,4-5H3/b16-12+,20-10?/t14?,17-/m1/s1. The number of rotatable bonds is 4. The molecule has 0 spiro atoms. The van der Waals surface area contributed by atoms with E-state index in [0.717, 1.165) is 11.1 Å². The summed E-state index contributed by atoms with van der Waals surface area (Å²) in [6, 6.07) is 8.31. The molecule has 1 aromatic carbocycles. The summed E-state index contributed by atoms with van der Waals surface area (Å²) in [5.41, 5.74) is 3.96. The first kappa shape index (κ1) is 16.5. The molecular formula is C18H21ClN2O. The first-order valence-corrected chi connectivity index (χ1v) is 7.61. The van der Waals surface area contributed by atoms with Crippen LogP contribution in [0.4, 0.5) is 0 Å². The highest BCUT2D eigenvalue weighted by atomic mass is 35.5. The third-order valence-corrected chi connectivity index (χ3v) is 3.81. The van der Waals surface area contributed by atoms with Crippen molar-refractivity contribution in [1.82, 2.24) is 0 Å². The topological polar surface area (TPSA) is 34.0 Å². The number of allylic oxidation sites excluding steroid dienone is 1. The van der Waals surface area contributed by atoms with E-state index < -0.39 is 0 Å². The summed E-state index contributed by atoms with van der Waals surface area (Å²) in [4.78, 5) is 8.75. The minimum absolute atomic E-state index is 0.0343. The largest absolute Gasteiger partial charge is 0.472 e. The zero-order valence-electron chi connectivity index (χ0n) is 13.4. The predicted molar refractivity (Wildman–Crippen MR) is 94.0 cm³/mol. The Morgan fingerprint density at radius 2 is 2.00 bits per heavy atom. The number of hydrogen-bond acceptors (Lipinski definition) is 3. The van der Waals surface area contributed by atoms with Crippen molar-refractivity contribution in [3.63, 3.8) is 0 Å². The van der Waals surface area contributed by atoms with Crippen molar-refractivity contribution in [1.29, 1.82) is 0 Å². The van der Waals surface area contributed by atoms with Gasteiger partial charge in [0.25, 0.3) is 0 Å². The van der Waals surface area contributed by atoms with Crippen LogP contribution in [0.25, 0.3) is 0 Å². The van der Waals surface area contributed by atoms with E-state index in [0.29, 0.717) is 16.5 Å². The van der Waals surface area contributed by atoms with E-state index in [-0.39, 0.29) is 12.1 Å². The molecule has 0 N–H and O–H groups in total. The van der Waals surface area contributed by atoms with Crippen molar-refractivity contribution in [2.45, 2.75) is 32.9 Å². The average molecular weight is 317 g/mol. The van der Waals surface area contributed by atoms with Crippen LogP contribution in [0.5, 0.6) is 0 Å². The first-order chi connectivity index (χ1) is 10.4. The monoisotopic (exact) mass is 316 g/mol. The van der Waals surface area contributed by atoms with Crippen molar-refractivity contribution < 1.29 is 4.74 Å². The lowest BCUT2D eigenvalue weighted by atomic mass is 10.0. The van der Waals surface area contributed by atoms with Crippen LogP contribution in [-0.4, -0.2) is 25.3 Å². The molecule has 1 heterocycles. The Hall–Kier alpha value is -1.87. The predicted octanol–water partition coefficient (Wildman–Crippen LogP) is 4.62. The van der Waals surface area contributed by atoms with E-state index in [1.165, 1.54) is 5.56 Å². The number of nitrogens with zero attached hydrogens (tertiary/aromatic N) is 2. The minimum Gasteiger partial charge on any atom is -0.472 e. The molecule has 1 aliphatic heterocycles. The van der Waals surface area contributed by atoms with E-state index in [4.69, 9.17) is 21.3 Å². The summed E-state index contributed by atoms with van der Waals surface area (Å²) in [6.07, 6.45) is 1.69. The van der Waals surface area contributed by atoms with Gasteiger partial charge in [0.1, 0.15) is 12.1 Å². The average Bonchev–Trinajstić information content (AvgIpc) is 2.81. The normalized spacial score (nSPS) is 22.3. The third-order valence-electron chi connectivity index (χ3n) is 3.62. The van der Waals surface area contributed by atoms with Gasteiger partial charge in [0.2, 0.25) is 5.90 Å². The number of hydrogen-bond donors (Lipinski definition) is 0. The second-order valence-electron chi connectivity index (χ2n) is 5.46. The van der Waals surface area contributed by atoms with Gasteiger partial charge in [0, 0.05) is 18.3 Å². The maximum absolute atomic E-state index is 6.14. The smallest absolute Gasteiger partial charge is 0.219 e. The maximum atomic E-state index is 6.14. The molecule has 0 amide bonds. The quantitative estimate of drug-likeness (QED) is 0.589. The number of halogens is 1. The molecule has 0 aliphatic carbocycles. The summed E-state index contributed by atoms with van der Waals surface area (Å²) < 4.78 is 5.93. The Balaban J connectivity index is 2.40. The molecule has 0 aromatic heterocycles. The molecule has 0 bridgehead atoms. The lowest BCUT2D eigenvalue weighted by Gasteiger charge is -2.13. The van der Waals surface area contributed by atoms with Gasteiger partial charge < -0.3 is 4.74 Å². The zero-order valence-corrected chi connectivity index (χ0v) is 14.2. The molecule has 4 heteroatoms. The van der Waals surface area contributed by atoms with Gasteiger partial charge in [-0.05, 0) is 31.9 Å². The summed E-state index contributed by atoms with van der Waals surface area (Å²) in [5.74, 6) is 0.537. The SMILES string of the molecule is C=C(Cl)/C(C1=N[C@@H](c2ccc(C)cc2)C(C)O1)=C(/C)C=NC. The van der Waals surface area contributed by atoms with Gasteiger partial charge in [0.15, 0.2) is 0 Å². The number of ether oxygens (including phenoxy) is 1. The van der Waals surface area contributed by atoms with Crippen LogP contribution < -0.4 is 0 Å². The molecule has 0 fully saturated rings. The van der Waals surface area contributed by atoms with Gasteiger partial charge in [-0.3, -0.25) is 4.99 Å². The summed E-state index contributed by atoms with van der Waals surface area (Å²) >= 11 is 6.14. The minimum atomic E-state index is -0.0462. The molecule has 0 saturated heterocycles. The molecule has 22 heavy (non-hydrogen) atoms. The van der Waals surface area contributed by atoms with Crippen LogP contribution in [-0.2, 0) is 4.74 Å². The van der Waals surface area contributed by atoms with E-state index in [1.54, 1.807) is 13.3 Å². The second-order valence-corrected chi connectivity index (χ2v) is 5.92. The van der Waals surface area contributed by atoms with E-state index in [1.807, 2.05) is 13.8 Å². The van der Waals surface area contributed by atoms with Crippen LogP contribution in [0, 0.1) is 6.92 Å². The molecule has 1 aromatic rings. The van der Waals surface area contributed by atoms with Crippen LogP contribution in [0.2, 0.25) is 0 Å². The van der Waals surface area contributed by atoms with Crippen molar-refractivity contribution in [3.05, 3.63) is 58.1 Å². The molecular weight excluding hydrogens is 296 g/mol. The van der Waals surface area contributed by atoms with E-state index in [9.17, 15) is 0 Å². The summed E-state index contributed by atoms with van der Waals surface area (Å²) in [5, 5.41) is 0.410. The van der Waals surface area contributed by atoms with E-state index >= 15 is 0 Å². The van der Waals surface area contributed by atoms with Crippen LogP contribution in [0.1, 0.15) is 31.0 Å². The van der Waals surface area contributed by atoms with Crippen LogP contribution in [0.3, 0.4) is 0 Å². The number of aliphatic imine (C=N–C) groups is 2. The fourth-order valence-electron chi connectivity index (χ4n) is 2.49. The highest BCUT2D eigenvalue weighted by molar-refractivity contribution is 6.35. The fraction of sp³-hybridized carbons (Fsp3) is 0.333. The summed E-state index contributed by atoms with van der Waals surface area (Å²) in [6.45, 7) is 9.83. The summed E-state index contributed by atoms with van der Waals surface area (Å²) in [7, 11) is 1.72. The van der Waals surface area contributed by atoms with Crippen molar-refractivity contribution >= 4 is 23.7 Å². The van der Waals surface area contributed by atoms with Gasteiger partial charge in [-0.1, -0.05) is 48.0 Å². The maximum Gasteiger partial charge on any atom is 0.219 e. The van der Waals surface area contributed by atoms with E-state index in [2.05, 4.69) is 42.8 Å². The number of benzene rings is 1. The van der Waals surface area contributed by atoms with Gasteiger partial charge in [-0.2, -0.15) is 0 Å². The third kappa shape index (κ3) is 3.47. The Morgan fingerprint density at radius 1 is 1.36 bits per heavy atom. The van der Waals surface area contributed by atoms with Gasteiger partial charge in [-0.25, -0.2) is 4.99 Å². The fourth-order valence-corrected chi connectivity index (χ4v) is 2.72. The molecule has 3 nitrogen and oxygen atoms in total. The Labute approximate surface area is 137 Å². The van der Waals surface area contributed by atoms with Gasteiger partial charge in [-0.15, -0.1) is 0 Å². The van der Waals surface area contributed by atoms with Crippen LogP contribution in [0.15, 0.2) is 57.0 Å². The molecule has 2 rings (SSSR count). The molecule has 0 saturated carbocycles. The molecule has 1 aliphatic rings. The lowest BCUT2D eigenvalue weighted by molar-refractivity contribution is 0.214. The zero-order chi connectivity index (χ0) is 16.3. The molecule has 116 valence electrons. The van der Waals surface area contributed by atoms with Crippen molar-refractivity contribution in [2.24, 2.45) is 9.98 Å². The highest BCUT2D eigenvalue weighted by Crippen LogP contribution is 2.33. The second kappa shape index (κ2) is 6.93. The number of aryl methyl sites for hydroxylation is 1. The Bertz CT molecular complexity index is 656. The Kier molecular flexibility index (Phi) is 5.19. The molecule has 1 unspecified atom stereocenters. The Morgan fingerprint density at radius 3 is 2.55 bits per heavy atom. The first-order valence-electron chi connectivity index (χ1n) is 7.23. The van der Waals surface area contributed by atoms with Crippen molar-refractivity contribution in [3.8, 4) is 0 Å². The van der Waals surface area contributed by atoms with Crippen LogP contribution >= 0.6 is 11.6 Å².